The van der Waals surface area contributed by atoms with Crippen LogP contribution < -0.4 is 10.1 Å². The number of carbonyl (C=O) groups excluding carboxylic acids is 1. The number of rotatable bonds is 4. The molecule has 1 amide bonds. The lowest BCUT2D eigenvalue weighted by Gasteiger charge is -2.11. The average Bonchev–Trinajstić information content (AvgIpc) is 2.47. The highest BCUT2D eigenvalue weighted by Crippen LogP contribution is 2.26. The smallest absolute Gasteiger partial charge is 0.403 e. The number of nitrogens with zero attached hydrogens (tertiary/aromatic N) is 1. The molecule has 1 N–H and O–H groups in total. The number of carbonyl (C=O) groups is 1. The second kappa shape index (κ2) is 6.42. The molecule has 0 saturated carbocycles. The van der Waals surface area contributed by atoms with Crippen LogP contribution in [0.25, 0.3) is 0 Å². The topological polar surface area (TPSA) is 51.2 Å². The van der Waals surface area contributed by atoms with Gasteiger partial charge in [-0.1, -0.05) is 6.07 Å². The van der Waals surface area contributed by atoms with Crippen LogP contribution in [0.2, 0.25) is 0 Å². The summed E-state index contributed by atoms with van der Waals surface area (Å²) in [5.74, 6) is -2.50. The first-order chi connectivity index (χ1) is 10.3. The molecule has 1 aromatic carbocycles. The first kappa shape index (κ1) is 15.7. The standard InChI is InChI=1S/C14H10F4N2O2/c15-11-2-1-9(7-12(11)22-14(16,17)18)8-20-13(21)10-3-5-19-6-4-10/h1-7H,8H2,(H,20,21). The van der Waals surface area contributed by atoms with Crippen LogP contribution in [0.15, 0.2) is 42.7 Å². The minimum Gasteiger partial charge on any atom is -0.403 e. The number of ether oxygens (including phenoxy) is 1. The Hall–Kier alpha value is -2.64. The number of halogens is 4. The van der Waals surface area contributed by atoms with Gasteiger partial charge in [-0.15, -0.1) is 13.2 Å². The lowest BCUT2D eigenvalue weighted by Crippen LogP contribution is -2.23. The molecule has 0 unspecified atom stereocenters. The zero-order chi connectivity index (χ0) is 16.2. The summed E-state index contributed by atoms with van der Waals surface area (Å²) in [5, 5.41) is 2.50. The molecule has 0 fully saturated rings. The van der Waals surface area contributed by atoms with Gasteiger partial charge < -0.3 is 10.1 Å². The summed E-state index contributed by atoms with van der Waals surface area (Å²) in [5.41, 5.74) is 0.618. The third-order valence-corrected chi connectivity index (χ3v) is 2.62. The Kier molecular flexibility index (Phi) is 4.59. The molecule has 1 heterocycles. The summed E-state index contributed by atoms with van der Waals surface area (Å²) in [4.78, 5) is 15.5. The second-order valence-corrected chi connectivity index (χ2v) is 4.23. The molecule has 8 heteroatoms. The van der Waals surface area contributed by atoms with Gasteiger partial charge in [-0.3, -0.25) is 9.78 Å². The Morgan fingerprint density at radius 2 is 1.86 bits per heavy atom. The Balaban J connectivity index is 2.04. The fourth-order valence-electron chi connectivity index (χ4n) is 1.65. The number of amides is 1. The summed E-state index contributed by atoms with van der Waals surface area (Å²) in [6.45, 7) is -0.0738. The van der Waals surface area contributed by atoms with E-state index in [1.807, 2.05) is 0 Å². The molecule has 0 spiro atoms. The molecule has 2 rings (SSSR count). The van der Waals surface area contributed by atoms with Gasteiger partial charge in [0, 0.05) is 24.5 Å². The van der Waals surface area contributed by atoms with E-state index in [0.717, 1.165) is 12.1 Å². The summed E-state index contributed by atoms with van der Waals surface area (Å²) in [6, 6.07) is 5.95. The molecule has 0 aliphatic carbocycles. The fraction of sp³-hybridized carbons (Fsp3) is 0.143. The van der Waals surface area contributed by atoms with Gasteiger partial charge in [0.2, 0.25) is 0 Å². The first-order valence-corrected chi connectivity index (χ1v) is 6.07. The van der Waals surface area contributed by atoms with Gasteiger partial charge in [0.1, 0.15) is 0 Å². The van der Waals surface area contributed by atoms with Crippen molar-refractivity contribution in [2.75, 3.05) is 0 Å². The maximum Gasteiger partial charge on any atom is 0.573 e. The lowest BCUT2D eigenvalue weighted by atomic mass is 10.2. The van der Waals surface area contributed by atoms with Crippen molar-refractivity contribution in [1.82, 2.24) is 10.3 Å². The van der Waals surface area contributed by atoms with E-state index in [0.29, 0.717) is 5.56 Å². The Morgan fingerprint density at radius 1 is 1.18 bits per heavy atom. The Morgan fingerprint density at radius 3 is 2.50 bits per heavy atom. The van der Waals surface area contributed by atoms with E-state index in [-0.39, 0.29) is 12.1 Å². The minimum atomic E-state index is -4.99. The molecule has 116 valence electrons. The van der Waals surface area contributed by atoms with E-state index in [2.05, 4.69) is 15.0 Å². The van der Waals surface area contributed by atoms with Crippen LogP contribution in [0.5, 0.6) is 5.75 Å². The number of aromatic nitrogens is 1. The molecular weight excluding hydrogens is 304 g/mol. The van der Waals surface area contributed by atoms with Crippen LogP contribution in [0, 0.1) is 5.82 Å². The number of hydrogen-bond acceptors (Lipinski definition) is 3. The highest BCUT2D eigenvalue weighted by molar-refractivity contribution is 5.93. The number of nitrogens with one attached hydrogen (secondary N) is 1. The van der Waals surface area contributed by atoms with E-state index in [1.165, 1.54) is 30.6 Å². The summed E-state index contributed by atoms with van der Waals surface area (Å²) in [7, 11) is 0. The quantitative estimate of drug-likeness (QED) is 0.883. The Labute approximate surface area is 122 Å². The maximum absolute atomic E-state index is 13.2. The van der Waals surface area contributed by atoms with Gasteiger partial charge >= 0.3 is 6.36 Å². The fourth-order valence-corrected chi connectivity index (χ4v) is 1.65. The first-order valence-electron chi connectivity index (χ1n) is 6.07. The molecule has 22 heavy (non-hydrogen) atoms. The number of alkyl halides is 3. The molecule has 0 aliphatic heterocycles. The zero-order valence-corrected chi connectivity index (χ0v) is 11.0. The normalized spacial score (nSPS) is 11.1. The molecular formula is C14H10F4N2O2. The predicted octanol–water partition coefficient (Wildman–Crippen LogP) is 3.05. The third kappa shape index (κ3) is 4.44. The van der Waals surface area contributed by atoms with Gasteiger partial charge in [0.05, 0.1) is 0 Å². The van der Waals surface area contributed by atoms with Crippen molar-refractivity contribution in [2.45, 2.75) is 12.9 Å². The average molecular weight is 314 g/mol. The van der Waals surface area contributed by atoms with Crippen LogP contribution in [0.3, 0.4) is 0 Å². The van der Waals surface area contributed by atoms with Gasteiger partial charge in [-0.25, -0.2) is 4.39 Å². The SMILES string of the molecule is O=C(NCc1ccc(F)c(OC(F)(F)F)c1)c1ccncc1. The van der Waals surface area contributed by atoms with Crippen molar-refractivity contribution in [3.05, 3.63) is 59.7 Å². The maximum atomic E-state index is 13.2. The molecule has 2 aromatic rings. The third-order valence-electron chi connectivity index (χ3n) is 2.62. The molecule has 0 radical (unpaired) electrons. The van der Waals surface area contributed by atoms with Gasteiger partial charge in [-0.2, -0.15) is 0 Å². The van der Waals surface area contributed by atoms with E-state index in [1.54, 1.807) is 0 Å². The van der Waals surface area contributed by atoms with Crippen LogP contribution in [-0.2, 0) is 6.54 Å². The molecule has 0 aliphatic rings. The number of pyridine rings is 1. The molecule has 4 nitrogen and oxygen atoms in total. The number of benzene rings is 1. The molecule has 1 aromatic heterocycles. The second-order valence-electron chi connectivity index (χ2n) is 4.23. The summed E-state index contributed by atoms with van der Waals surface area (Å²) < 4.78 is 53.2. The van der Waals surface area contributed by atoms with Gasteiger partial charge in [-0.05, 0) is 29.8 Å². The van der Waals surface area contributed by atoms with E-state index >= 15 is 0 Å². The highest BCUT2D eigenvalue weighted by atomic mass is 19.4. The summed E-state index contributed by atoms with van der Waals surface area (Å²) in [6.07, 6.45) is -2.12. The van der Waals surface area contributed by atoms with Crippen molar-refractivity contribution < 1.29 is 27.1 Å². The van der Waals surface area contributed by atoms with E-state index < -0.39 is 23.8 Å². The Bertz CT molecular complexity index is 660. The van der Waals surface area contributed by atoms with Crippen molar-refractivity contribution in [3.8, 4) is 5.75 Å². The van der Waals surface area contributed by atoms with Gasteiger partial charge in [0.25, 0.3) is 5.91 Å². The molecule has 0 saturated heterocycles. The van der Waals surface area contributed by atoms with Crippen LogP contribution in [0.4, 0.5) is 17.6 Å². The van der Waals surface area contributed by atoms with E-state index in [4.69, 9.17) is 0 Å². The van der Waals surface area contributed by atoms with Crippen molar-refractivity contribution >= 4 is 5.91 Å². The zero-order valence-electron chi connectivity index (χ0n) is 11.0. The van der Waals surface area contributed by atoms with E-state index in [9.17, 15) is 22.4 Å². The van der Waals surface area contributed by atoms with Crippen LogP contribution in [-0.4, -0.2) is 17.3 Å². The minimum absolute atomic E-state index is 0.0738. The van der Waals surface area contributed by atoms with Crippen molar-refractivity contribution in [3.63, 3.8) is 0 Å². The van der Waals surface area contributed by atoms with Crippen molar-refractivity contribution in [2.24, 2.45) is 0 Å². The van der Waals surface area contributed by atoms with Crippen LogP contribution >= 0.6 is 0 Å². The van der Waals surface area contributed by atoms with Gasteiger partial charge in [0.15, 0.2) is 11.6 Å². The predicted molar refractivity (Wildman–Crippen MR) is 68.5 cm³/mol. The highest BCUT2D eigenvalue weighted by Gasteiger charge is 2.32. The van der Waals surface area contributed by atoms with Crippen molar-refractivity contribution in [1.29, 1.82) is 0 Å². The monoisotopic (exact) mass is 314 g/mol. The largest absolute Gasteiger partial charge is 0.573 e. The lowest BCUT2D eigenvalue weighted by molar-refractivity contribution is -0.275. The summed E-state index contributed by atoms with van der Waals surface area (Å²) >= 11 is 0. The van der Waals surface area contributed by atoms with Crippen LogP contribution in [0.1, 0.15) is 15.9 Å². The molecule has 0 bridgehead atoms. The number of hydrogen-bond donors (Lipinski definition) is 1. The molecule has 0 atom stereocenters.